The number of terminal acetylenes is 1. The van der Waals surface area contributed by atoms with Crippen LogP contribution in [0.25, 0.3) is 17.0 Å². The smallest absolute Gasteiger partial charge is 0.317 e. The van der Waals surface area contributed by atoms with Gasteiger partial charge in [-0.25, -0.2) is 27.5 Å². The molecule has 3 atom stereocenters. The van der Waals surface area contributed by atoms with Crippen LogP contribution in [-0.4, -0.2) is 95.8 Å². The first-order valence-electron chi connectivity index (χ1n) is 14.9. The van der Waals surface area contributed by atoms with Gasteiger partial charge in [0.2, 0.25) is 0 Å². The van der Waals surface area contributed by atoms with Gasteiger partial charge in [-0.05, 0) is 57.8 Å². The summed E-state index contributed by atoms with van der Waals surface area (Å²) in [5.74, 6) is -1.62. The van der Waals surface area contributed by atoms with Gasteiger partial charge in [0.05, 0.1) is 16.4 Å². The molecular formula is C33H36F4N6O2. The Balaban J connectivity index is 1.34. The Hall–Kier alpha value is -3.79. The van der Waals surface area contributed by atoms with E-state index in [9.17, 15) is 18.3 Å². The Bertz CT molecular complexity index is 1730. The zero-order chi connectivity index (χ0) is 32.3. The highest BCUT2D eigenvalue weighted by Gasteiger charge is 2.71. The van der Waals surface area contributed by atoms with Crippen LogP contribution in [0.1, 0.15) is 42.1 Å². The predicted octanol–water partition coefficient (Wildman–Crippen LogP) is 4.24. The van der Waals surface area contributed by atoms with E-state index in [4.69, 9.17) is 11.2 Å². The van der Waals surface area contributed by atoms with Gasteiger partial charge in [0, 0.05) is 51.3 Å². The van der Waals surface area contributed by atoms with Gasteiger partial charge in [-0.15, -0.1) is 6.42 Å². The highest BCUT2D eigenvalue weighted by atomic mass is 19.3. The highest BCUT2D eigenvalue weighted by molar-refractivity contribution is 5.91. The van der Waals surface area contributed by atoms with Crippen molar-refractivity contribution in [3.63, 3.8) is 0 Å². The third-order valence-corrected chi connectivity index (χ3v) is 9.25. The normalized spacial score (nSPS) is 24.9. The van der Waals surface area contributed by atoms with E-state index in [0.717, 1.165) is 13.0 Å². The van der Waals surface area contributed by atoms with E-state index in [1.165, 1.54) is 30.5 Å². The molecule has 0 spiro atoms. The van der Waals surface area contributed by atoms with Crippen LogP contribution in [0.5, 0.6) is 6.01 Å². The van der Waals surface area contributed by atoms with Crippen molar-refractivity contribution >= 4 is 22.8 Å². The van der Waals surface area contributed by atoms with Crippen LogP contribution in [-0.2, 0) is 12.0 Å². The largest absolute Gasteiger partial charge is 0.463 e. The summed E-state index contributed by atoms with van der Waals surface area (Å²) in [7, 11) is 5.63. The van der Waals surface area contributed by atoms with Gasteiger partial charge in [0.1, 0.15) is 35.1 Å². The van der Waals surface area contributed by atoms with E-state index >= 15 is 4.39 Å². The SMILES string of the molecule is C#Cc1c(F)ccc2c1C=CC(O)(c1nc(N3CC[C@@H]3C)c3cnc(OC[C@]4(CN(C)CCN(C)C)CC4(F)F)nc3c1F)C2. The van der Waals surface area contributed by atoms with Gasteiger partial charge >= 0.3 is 6.01 Å². The van der Waals surface area contributed by atoms with E-state index < -0.39 is 28.6 Å². The second kappa shape index (κ2) is 11.2. The number of hydrogen-bond acceptors (Lipinski definition) is 8. The Morgan fingerprint density at radius 2 is 1.93 bits per heavy atom. The van der Waals surface area contributed by atoms with Crippen molar-refractivity contribution in [2.45, 2.75) is 43.8 Å². The molecule has 238 valence electrons. The zero-order valence-corrected chi connectivity index (χ0v) is 25.7. The molecule has 0 amide bonds. The fraction of sp³-hybridized carbons (Fsp3) is 0.485. The van der Waals surface area contributed by atoms with Crippen molar-refractivity contribution in [3.8, 4) is 18.4 Å². The molecule has 2 fully saturated rings. The summed E-state index contributed by atoms with van der Waals surface area (Å²) in [4.78, 5) is 19.0. The number of halogens is 4. The highest BCUT2D eigenvalue weighted by Crippen LogP contribution is 2.60. The number of alkyl halides is 2. The molecule has 6 rings (SSSR count). The van der Waals surface area contributed by atoms with Gasteiger partial charge in [-0.2, -0.15) is 4.98 Å². The molecule has 3 heterocycles. The number of aliphatic hydroxyl groups is 1. The second-order valence-electron chi connectivity index (χ2n) is 12.9. The first kappa shape index (κ1) is 31.2. The quantitative estimate of drug-likeness (QED) is 0.265. The molecule has 2 aromatic heterocycles. The number of anilines is 1. The fourth-order valence-corrected chi connectivity index (χ4v) is 6.21. The molecule has 1 aromatic carbocycles. The lowest BCUT2D eigenvalue weighted by atomic mass is 9.81. The number of aromatic nitrogens is 3. The number of ether oxygens (including phenoxy) is 1. The topological polar surface area (TPSA) is 77.9 Å². The van der Waals surface area contributed by atoms with Crippen LogP contribution < -0.4 is 9.64 Å². The summed E-state index contributed by atoms with van der Waals surface area (Å²) in [5, 5.41) is 12.1. The van der Waals surface area contributed by atoms with E-state index in [0.29, 0.717) is 35.4 Å². The first-order valence-corrected chi connectivity index (χ1v) is 14.9. The van der Waals surface area contributed by atoms with Crippen molar-refractivity contribution in [1.82, 2.24) is 24.8 Å². The van der Waals surface area contributed by atoms with E-state index in [1.807, 2.05) is 35.7 Å². The van der Waals surface area contributed by atoms with Crippen LogP contribution in [0, 0.1) is 29.4 Å². The molecule has 1 aliphatic heterocycles. The molecule has 0 radical (unpaired) electrons. The first-order chi connectivity index (χ1) is 21.3. The third-order valence-electron chi connectivity index (χ3n) is 9.25. The van der Waals surface area contributed by atoms with Gasteiger partial charge in [0.15, 0.2) is 5.82 Å². The second-order valence-corrected chi connectivity index (χ2v) is 12.9. The Labute approximate surface area is 259 Å². The average Bonchev–Trinajstić information content (AvgIpc) is 3.54. The van der Waals surface area contributed by atoms with Crippen molar-refractivity contribution in [3.05, 3.63) is 58.4 Å². The van der Waals surface area contributed by atoms with Gasteiger partial charge < -0.3 is 24.5 Å². The maximum absolute atomic E-state index is 16.4. The molecule has 2 aliphatic carbocycles. The molecule has 3 aromatic rings. The summed E-state index contributed by atoms with van der Waals surface area (Å²) >= 11 is 0. The Kier molecular flexibility index (Phi) is 7.78. The maximum atomic E-state index is 16.4. The van der Waals surface area contributed by atoms with Crippen LogP contribution in [0.4, 0.5) is 23.4 Å². The molecule has 0 bridgehead atoms. The molecule has 1 unspecified atom stereocenters. The van der Waals surface area contributed by atoms with Gasteiger partial charge in [-0.1, -0.05) is 18.1 Å². The van der Waals surface area contributed by atoms with E-state index in [-0.39, 0.29) is 54.8 Å². The Morgan fingerprint density at radius 3 is 2.56 bits per heavy atom. The lowest BCUT2D eigenvalue weighted by Gasteiger charge is -2.41. The predicted molar refractivity (Wildman–Crippen MR) is 163 cm³/mol. The number of likely N-dealkylation sites (N-methyl/N-ethyl adjacent to an activating group) is 2. The standard InChI is InChI=1S/C33H36F4N6O2/c1-6-22-23-9-11-32(44,15-21(23)7-8-25(22)34)28-26(35)27-24(29(40-28)43-12-10-20(43)2)16-38-30(39-27)45-19-31(17-33(31,36)37)18-42(5)14-13-41(3)4/h1,7-9,11,16,20,44H,10,12-15,17-19H2,2-5H3/t20-,31+,32?/m0/s1. The molecule has 1 saturated carbocycles. The molecule has 1 N–H and O–H groups in total. The molecule has 3 aliphatic rings. The summed E-state index contributed by atoms with van der Waals surface area (Å²) in [6.45, 7) is 3.77. The minimum absolute atomic E-state index is 0.0604. The molecular weight excluding hydrogens is 588 g/mol. The molecule has 12 heteroatoms. The van der Waals surface area contributed by atoms with Crippen molar-refractivity contribution < 1.29 is 27.4 Å². The molecule has 8 nitrogen and oxygen atoms in total. The fourth-order valence-electron chi connectivity index (χ4n) is 6.21. The van der Waals surface area contributed by atoms with Gasteiger partial charge in [-0.3, -0.25) is 0 Å². The third kappa shape index (κ3) is 5.51. The van der Waals surface area contributed by atoms with Crippen molar-refractivity contribution in [2.75, 3.05) is 58.8 Å². The van der Waals surface area contributed by atoms with Crippen molar-refractivity contribution in [1.29, 1.82) is 0 Å². The number of hydrogen-bond donors (Lipinski definition) is 1. The summed E-state index contributed by atoms with van der Waals surface area (Å²) < 4.78 is 65.7. The summed E-state index contributed by atoms with van der Waals surface area (Å²) in [5.41, 5.74) is -2.68. The average molecular weight is 625 g/mol. The maximum Gasteiger partial charge on any atom is 0.317 e. The van der Waals surface area contributed by atoms with Crippen LogP contribution in [0.3, 0.4) is 0 Å². The van der Waals surface area contributed by atoms with E-state index in [1.54, 1.807) is 7.05 Å². The van der Waals surface area contributed by atoms with Crippen LogP contribution >= 0.6 is 0 Å². The number of fused-ring (bicyclic) bond motifs is 2. The van der Waals surface area contributed by atoms with Gasteiger partial charge in [0.25, 0.3) is 5.92 Å². The molecule has 1 saturated heterocycles. The lowest BCUT2D eigenvalue weighted by molar-refractivity contribution is 0.0251. The number of pyridine rings is 1. The minimum Gasteiger partial charge on any atom is -0.463 e. The number of benzene rings is 1. The zero-order valence-electron chi connectivity index (χ0n) is 25.7. The lowest BCUT2D eigenvalue weighted by Crippen LogP contribution is -2.46. The van der Waals surface area contributed by atoms with Crippen molar-refractivity contribution in [2.24, 2.45) is 5.41 Å². The minimum atomic E-state index is -2.91. The summed E-state index contributed by atoms with van der Waals surface area (Å²) in [6.07, 6.45) is 10.2. The monoisotopic (exact) mass is 624 g/mol. The van der Waals surface area contributed by atoms with Crippen LogP contribution in [0.15, 0.2) is 24.4 Å². The summed E-state index contributed by atoms with van der Waals surface area (Å²) in [6, 6.07) is 2.59. The molecule has 45 heavy (non-hydrogen) atoms. The Morgan fingerprint density at radius 1 is 1.18 bits per heavy atom. The number of rotatable bonds is 10. The van der Waals surface area contributed by atoms with E-state index in [2.05, 4.69) is 20.9 Å². The number of nitrogens with zero attached hydrogens (tertiary/aromatic N) is 6. The van der Waals surface area contributed by atoms with Crippen LogP contribution in [0.2, 0.25) is 0 Å².